The maximum atomic E-state index is 2.45. The Morgan fingerprint density at radius 1 is 0.127 bits per heavy atom. The van der Waals surface area contributed by atoms with E-state index < -0.39 is 0 Å². The number of fused-ring (bicyclic) bond motifs is 22. The van der Waals surface area contributed by atoms with Crippen LogP contribution in [0, 0.1) is 0 Å². The van der Waals surface area contributed by atoms with Crippen LogP contribution in [-0.4, -0.2) is 0 Å². The molecule has 118 heavy (non-hydrogen) atoms. The van der Waals surface area contributed by atoms with Gasteiger partial charge in [-0.15, -0.1) is 0 Å². The van der Waals surface area contributed by atoms with Crippen LogP contribution in [0.1, 0.15) is 49.9 Å². The van der Waals surface area contributed by atoms with Crippen LogP contribution >= 0.6 is 0 Å². The van der Waals surface area contributed by atoms with Crippen molar-refractivity contribution in [2.45, 2.75) is 38.5 Å². The van der Waals surface area contributed by atoms with Gasteiger partial charge in [-0.2, -0.15) is 0 Å². The quantitative estimate of drug-likeness (QED) is 0.105. The van der Waals surface area contributed by atoms with Crippen LogP contribution in [0.25, 0.3) is 219 Å². The van der Waals surface area contributed by atoms with Crippen molar-refractivity contribution in [3.63, 3.8) is 0 Å². The topological polar surface area (TPSA) is 0 Å². The van der Waals surface area contributed by atoms with Gasteiger partial charge in [-0.1, -0.05) is 416 Å². The van der Waals surface area contributed by atoms with E-state index in [1.54, 1.807) is 0 Å². The summed E-state index contributed by atoms with van der Waals surface area (Å²) in [6, 6.07) is 154. The van der Waals surface area contributed by atoms with Crippen LogP contribution in [0.3, 0.4) is 0 Å². The third-order valence-electron chi connectivity index (χ3n) is 26.3. The molecule has 0 nitrogen and oxygen atoms in total. The van der Waals surface area contributed by atoms with E-state index in [1.807, 2.05) is 0 Å². The predicted octanol–water partition coefficient (Wildman–Crippen LogP) is 32.9. The summed E-state index contributed by atoms with van der Waals surface area (Å²) in [4.78, 5) is 0. The van der Waals surface area contributed by atoms with E-state index in [1.165, 1.54) is 241 Å². The van der Waals surface area contributed by atoms with Crippen LogP contribution < -0.4 is 0 Å². The van der Waals surface area contributed by atoms with Crippen LogP contribution in [0.2, 0.25) is 0 Å². The molecule has 552 valence electrons. The summed E-state index contributed by atoms with van der Waals surface area (Å²) in [5, 5.41) is 25.8. The highest BCUT2D eigenvalue weighted by Crippen LogP contribution is 2.60. The number of rotatable bonds is 8. The second-order valence-electron chi connectivity index (χ2n) is 33.5. The van der Waals surface area contributed by atoms with Gasteiger partial charge in [0, 0.05) is 10.8 Å². The Bertz CT molecular complexity index is 7860. The van der Waals surface area contributed by atoms with Crippen molar-refractivity contribution in [3.8, 4) is 111 Å². The molecule has 0 heteroatoms. The van der Waals surface area contributed by atoms with Gasteiger partial charge in [0.1, 0.15) is 0 Å². The monoisotopic (exact) mass is 1500 g/mol. The number of hydrogen-bond acceptors (Lipinski definition) is 0. The fraction of sp³-hybridized carbons (Fsp3) is 0.0508. The molecular weight excluding hydrogens is 1420 g/mol. The van der Waals surface area contributed by atoms with Gasteiger partial charge in [-0.3, -0.25) is 0 Å². The molecule has 0 saturated carbocycles. The summed E-state index contributed by atoms with van der Waals surface area (Å²) >= 11 is 0. The maximum Gasteiger partial charge on any atom is 0.0171 e. The standard InChI is InChI=1S/2C59H40/c1-59(2)57-43(31-16-32-53(57)56-47-25-9-6-22-44(47)45-23-7-14-30-52(45)58(56)59)39-19-15-20-41(36-39)54-48-26-10-12-28-50(48)55(51-29-13-11-27-49(51)54)46-24-8-5-21-42(46)40-34-33-37-17-3-4-18-38(37)35-40;1-59(2)57-44(27-14-28-53(57)56-47-21-7-5-19-45(47)46-20-6-12-26-52(46)58(56)59)42-17-13-18-43(36-42)55-50-24-10-8-22-48(50)54(49-23-9-11-25-51(49)55)39-32-29-38(30-33-39)41-34-31-37-15-3-4-16-40(37)35-41/h2*3-36H,1-2H3. The zero-order valence-electron chi connectivity index (χ0n) is 66.3. The molecular formula is C118H80. The summed E-state index contributed by atoms with van der Waals surface area (Å²) in [6.07, 6.45) is 0. The Hall–Kier alpha value is -14.6. The molecule has 0 fully saturated rings. The zero-order chi connectivity index (χ0) is 78.5. The molecule has 2 aliphatic carbocycles. The van der Waals surface area contributed by atoms with E-state index >= 15 is 0 Å². The van der Waals surface area contributed by atoms with E-state index in [2.05, 4.69) is 440 Å². The lowest BCUT2D eigenvalue weighted by Crippen LogP contribution is -2.17. The van der Waals surface area contributed by atoms with Gasteiger partial charge in [0.15, 0.2) is 0 Å². The lowest BCUT2D eigenvalue weighted by molar-refractivity contribution is 0.668. The Kier molecular flexibility index (Phi) is 15.8. The van der Waals surface area contributed by atoms with Crippen molar-refractivity contribution in [1.82, 2.24) is 0 Å². The first-order valence-corrected chi connectivity index (χ1v) is 41.5. The average Bonchev–Trinajstić information content (AvgIpc) is 1.53. The van der Waals surface area contributed by atoms with E-state index in [0.717, 1.165) is 0 Å². The fourth-order valence-electron chi connectivity index (χ4n) is 21.4. The van der Waals surface area contributed by atoms with E-state index in [-0.39, 0.29) is 10.8 Å². The van der Waals surface area contributed by atoms with Gasteiger partial charge in [0.25, 0.3) is 0 Å². The molecule has 22 aromatic rings. The molecule has 0 spiro atoms. The van der Waals surface area contributed by atoms with Crippen LogP contribution in [0.5, 0.6) is 0 Å². The van der Waals surface area contributed by atoms with Gasteiger partial charge in [-0.05, 0) is 266 Å². The maximum absolute atomic E-state index is 2.45. The minimum atomic E-state index is -0.208. The summed E-state index contributed by atoms with van der Waals surface area (Å²) < 4.78 is 0. The summed E-state index contributed by atoms with van der Waals surface area (Å²) in [5.74, 6) is 0. The van der Waals surface area contributed by atoms with Crippen molar-refractivity contribution < 1.29 is 0 Å². The largest absolute Gasteiger partial charge is 0.0616 e. The Morgan fingerprint density at radius 2 is 0.381 bits per heavy atom. The lowest BCUT2D eigenvalue weighted by Gasteiger charge is -2.26. The van der Waals surface area contributed by atoms with Crippen molar-refractivity contribution >= 4 is 108 Å². The second-order valence-corrected chi connectivity index (χ2v) is 33.5. The first-order chi connectivity index (χ1) is 58.1. The highest BCUT2D eigenvalue weighted by atomic mass is 14.4. The third kappa shape index (κ3) is 10.6. The Morgan fingerprint density at radius 3 is 0.797 bits per heavy atom. The molecule has 0 aliphatic heterocycles. The second kappa shape index (κ2) is 27.0. The summed E-state index contributed by atoms with van der Waals surface area (Å²) in [7, 11) is 0. The molecule has 0 amide bonds. The summed E-state index contributed by atoms with van der Waals surface area (Å²) in [5.41, 5.74) is 30.8. The molecule has 0 atom stereocenters. The van der Waals surface area contributed by atoms with Gasteiger partial charge >= 0.3 is 0 Å². The molecule has 0 saturated heterocycles. The highest BCUT2D eigenvalue weighted by molar-refractivity contribution is 6.26. The van der Waals surface area contributed by atoms with Crippen molar-refractivity contribution in [1.29, 1.82) is 0 Å². The lowest BCUT2D eigenvalue weighted by atomic mass is 9.76. The van der Waals surface area contributed by atoms with Gasteiger partial charge in [-0.25, -0.2) is 0 Å². The molecule has 2 aliphatic rings. The Labute approximate surface area is 687 Å². The van der Waals surface area contributed by atoms with Gasteiger partial charge in [0.05, 0.1) is 0 Å². The minimum Gasteiger partial charge on any atom is -0.0616 e. The fourth-order valence-corrected chi connectivity index (χ4v) is 21.4. The van der Waals surface area contributed by atoms with Gasteiger partial charge in [0.2, 0.25) is 0 Å². The molecule has 0 heterocycles. The first kappa shape index (κ1) is 69.0. The predicted molar refractivity (Wildman–Crippen MR) is 507 cm³/mol. The van der Waals surface area contributed by atoms with Crippen LogP contribution in [0.15, 0.2) is 413 Å². The van der Waals surface area contributed by atoms with E-state index in [4.69, 9.17) is 0 Å². The molecule has 0 aromatic heterocycles. The van der Waals surface area contributed by atoms with Crippen molar-refractivity contribution in [2.75, 3.05) is 0 Å². The minimum absolute atomic E-state index is 0.203. The smallest absolute Gasteiger partial charge is 0.0171 e. The average molecular weight is 1500 g/mol. The SMILES string of the molecule is CC1(C)c2c(-c3cccc(-c4c5ccccc5c(-c5ccc(-c6ccc7ccccc7c6)cc5)c5ccccc45)c3)cccc2-c2c1c1ccccc1c1ccccc21.CC1(C)c2c(-c3cccc(-c4c5ccccc5c(-c5ccccc5-c5ccc6ccccc6c5)c5ccccc45)c3)cccc2-c2c1c1ccccc1c1ccccc21. The third-order valence-corrected chi connectivity index (χ3v) is 26.3. The molecule has 0 bridgehead atoms. The van der Waals surface area contributed by atoms with Crippen molar-refractivity contribution in [3.05, 3.63) is 435 Å². The Balaban J connectivity index is 0.000000138. The molecule has 0 radical (unpaired) electrons. The number of benzene rings is 22. The van der Waals surface area contributed by atoms with E-state index in [0.29, 0.717) is 0 Å². The van der Waals surface area contributed by atoms with Crippen LogP contribution in [-0.2, 0) is 10.8 Å². The zero-order valence-corrected chi connectivity index (χ0v) is 66.3. The van der Waals surface area contributed by atoms with E-state index in [9.17, 15) is 0 Å². The first-order valence-electron chi connectivity index (χ1n) is 41.5. The molecule has 0 unspecified atom stereocenters. The molecule has 0 N–H and O–H groups in total. The van der Waals surface area contributed by atoms with Gasteiger partial charge < -0.3 is 0 Å². The number of hydrogen-bond donors (Lipinski definition) is 0. The summed E-state index contributed by atoms with van der Waals surface area (Å²) in [6.45, 7) is 9.73. The van der Waals surface area contributed by atoms with Crippen molar-refractivity contribution in [2.24, 2.45) is 0 Å². The molecule has 22 aromatic carbocycles. The normalized spacial score (nSPS) is 13.1. The van der Waals surface area contributed by atoms with Crippen LogP contribution in [0.4, 0.5) is 0 Å². The molecule has 24 rings (SSSR count). The highest BCUT2D eigenvalue weighted by Gasteiger charge is 2.42.